The zero-order valence-electron chi connectivity index (χ0n) is 12.6. The first-order chi connectivity index (χ1) is 10.8. The molecule has 0 saturated heterocycles. The van der Waals surface area contributed by atoms with E-state index in [4.69, 9.17) is 4.74 Å². The number of benzene rings is 2. The number of methoxy groups -OCH3 is 1. The van der Waals surface area contributed by atoms with Crippen molar-refractivity contribution in [3.8, 4) is 0 Å². The molecule has 0 radical (unpaired) electrons. The summed E-state index contributed by atoms with van der Waals surface area (Å²) < 4.78 is 4.84. The smallest absolute Gasteiger partial charge is 0.310 e. The predicted octanol–water partition coefficient (Wildman–Crippen LogP) is 3.67. The number of aromatic nitrogens is 1. The molecule has 1 N–H and O–H groups in total. The number of hydrogen-bond acceptors (Lipinski definition) is 2. The standard InChI is InChI=1S/C19H19NO2/c1-22-19(21)13-16-15-9-5-6-10-17(15)20-18(16)12-11-14-7-3-2-4-8-14/h2-10,20H,11-13H2,1H3. The molecule has 112 valence electrons. The van der Waals surface area contributed by atoms with Crippen LogP contribution in [0.15, 0.2) is 54.6 Å². The number of H-pyrrole nitrogens is 1. The highest BCUT2D eigenvalue weighted by molar-refractivity contribution is 5.88. The molecule has 0 spiro atoms. The highest BCUT2D eigenvalue weighted by Crippen LogP contribution is 2.24. The molecule has 0 bridgehead atoms. The van der Waals surface area contributed by atoms with Crippen LogP contribution in [0.5, 0.6) is 0 Å². The van der Waals surface area contributed by atoms with Crippen molar-refractivity contribution in [2.75, 3.05) is 7.11 Å². The lowest BCUT2D eigenvalue weighted by atomic mass is 10.0. The van der Waals surface area contributed by atoms with Gasteiger partial charge in [0.25, 0.3) is 0 Å². The summed E-state index contributed by atoms with van der Waals surface area (Å²) >= 11 is 0. The number of hydrogen-bond donors (Lipinski definition) is 1. The third-order valence-corrected chi connectivity index (χ3v) is 3.96. The van der Waals surface area contributed by atoms with E-state index >= 15 is 0 Å². The fraction of sp³-hybridized carbons (Fsp3) is 0.211. The van der Waals surface area contributed by atoms with Gasteiger partial charge in [-0.25, -0.2) is 0 Å². The first-order valence-electron chi connectivity index (χ1n) is 7.47. The van der Waals surface area contributed by atoms with Crippen molar-refractivity contribution in [3.05, 3.63) is 71.4 Å². The van der Waals surface area contributed by atoms with Gasteiger partial charge in [0, 0.05) is 16.6 Å². The molecule has 0 aliphatic carbocycles. The number of fused-ring (bicyclic) bond motifs is 1. The Morgan fingerprint density at radius 3 is 2.50 bits per heavy atom. The summed E-state index contributed by atoms with van der Waals surface area (Å²) in [6, 6.07) is 18.5. The van der Waals surface area contributed by atoms with Gasteiger partial charge in [0.15, 0.2) is 0 Å². The van der Waals surface area contributed by atoms with E-state index in [9.17, 15) is 4.79 Å². The molecule has 0 fully saturated rings. The predicted molar refractivity (Wildman–Crippen MR) is 87.9 cm³/mol. The van der Waals surface area contributed by atoms with Crippen LogP contribution in [0.1, 0.15) is 16.8 Å². The molecule has 1 aromatic heterocycles. The van der Waals surface area contributed by atoms with E-state index in [1.54, 1.807) is 0 Å². The highest BCUT2D eigenvalue weighted by Gasteiger charge is 2.14. The second-order valence-electron chi connectivity index (χ2n) is 5.37. The molecular formula is C19H19NO2. The number of ether oxygens (including phenoxy) is 1. The molecular weight excluding hydrogens is 274 g/mol. The van der Waals surface area contributed by atoms with Gasteiger partial charge in [-0.1, -0.05) is 48.5 Å². The van der Waals surface area contributed by atoms with E-state index < -0.39 is 0 Å². The van der Waals surface area contributed by atoms with Gasteiger partial charge in [-0.3, -0.25) is 4.79 Å². The number of carbonyl (C=O) groups is 1. The zero-order valence-corrected chi connectivity index (χ0v) is 12.6. The van der Waals surface area contributed by atoms with Crippen LogP contribution in [-0.4, -0.2) is 18.1 Å². The normalized spacial score (nSPS) is 10.8. The molecule has 0 amide bonds. The number of nitrogens with one attached hydrogen (secondary N) is 1. The van der Waals surface area contributed by atoms with Crippen molar-refractivity contribution in [1.29, 1.82) is 0 Å². The van der Waals surface area contributed by atoms with Crippen LogP contribution in [0.4, 0.5) is 0 Å². The molecule has 3 nitrogen and oxygen atoms in total. The molecule has 3 rings (SSSR count). The number of esters is 1. The van der Waals surface area contributed by atoms with E-state index in [-0.39, 0.29) is 5.97 Å². The Labute approximate surface area is 129 Å². The number of aromatic amines is 1. The molecule has 0 saturated carbocycles. The molecule has 3 aromatic rings. The number of aryl methyl sites for hydroxylation is 2. The number of para-hydroxylation sites is 1. The Hall–Kier alpha value is -2.55. The van der Waals surface area contributed by atoms with Gasteiger partial charge < -0.3 is 9.72 Å². The van der Waals surface area contributed by atoms with Crippen molar-refractivity contribution >= 4 is 16.9 Å². The van der Waals surface area contributed by atoms with E-state index in [1.807, 2.05) is 24.3 Å². The summed E-state index contributed by atoms with van der Waals surface area (Å²) in [5.41, 5.74) is 4.54. The second kappa shape index (κ2) is 6.48. The zero-order chi connectivity index (χ0) is 15.4. The van der Waals surface area contributed by atoms with Crippen molar-refractivity contribution in [2.45, 2.75) is 19.3 Å². The van der Waals surface area contributed by atoms with Gasteiger partial charge in [0.2, 0.25) is 0 Å². The Balaban J connectivity index is 1.90. The lowest BCUT2D eigenvalue weighted by Gasteiger charge is -2.05. The summed E-state index contributed by atoms with van der Waals surface area (Å²) in [5, 5.41) is 1.11. The largest absolute Gasteiger partial charge is 0.469 e. The van der Waals surface area contributed by atoms with E-state index in [0.717, 1.165) is 35.0 Å². The van der Waals surface area contributed by atoms with Crippen LogP contribution < -0.4 is 0 Å². The highest BCUT2D eigenvalue weighted by atomic mass is 16.5. The van der Waals surface area contributed by atoms with Crippen molar-refractivity contribution in [3.63, 3.8) is 0 Å². The Morgan fingerprint density at radius 1 is 1.00 bits per heavy atom. The Kier molecular flexibility index (Phi) is 4.24. The maximum Gasteiger partial charge on any atom is 0.310 e. The molecule has 0 aliphatic rings. The summed E-state index contributed by atoms with van der Waals surface area (Å²) in [4.78, 5) is 15.2. The minimum atomic E-state index is -0.203. The summed E-state index contributed by atoms with van der Waals surface area (Å²) in [5.74, 6) is -0.203. The fourth-order valence-electron chi connectivity index (χ4n) is 2.80. The number of rotatable bonds is 5. The van der Waals surface area contributed by atoms with Crippen LogP contribution in [0.25, 0.3) is 10.9 Å². The summed E-state index contributed by atoms with van der Waals surface area (Å²) in [7, 11) is 1.43. The second-order valence-corrected chi connectivity index (χ2v) is 5.37. The monoisotopic (exact) mass is 293 g/mol. The molecule has 1 heterocycles. The number of carbonyl (C=O) groups excluding carboxylic acids is 1. The first kappa shape index (κ1) is 14.4. The van der Waals surface area contributed by atoms with Gasteiger partial charge in [0.1, 0.15) is 0 Å². The Morgan fingerprint density at radius 2 is 1.73 bits per heavy atom. The van der Waals surface area contributed by atoms with Gasteiger partial charge >= 0.3 is 5.97 Å². The van der Waals surface area contributed by atoms with Gasteiger partial charge in [-0.2, -0.15) is 0 Å². The molecule has 0 atom stereocenters. The first-order valence-corrected chi connectivity index (χ1v) is 7.47. The maximum absolute atomic E-state index is 11.7. The van der Waals surface area contributed by atoms with E-state index in [2.05, 4.69) is 35.3 Å². The van der Waals surface area contributed by atoms with E-state index in [0.29, 0.717) is 6.42 Å². The van der Waals surface area contributed by atoms with Crippen molar-refractivity contribution in [1.82, 2.24) is 4.98 Å². The SMILES string of the molecule is COC(=O)Cc1c(CCc2ccccc2)[nH]c2ccccc12. The quantitative estimate of drug-likeness (QED) is 0.729. The topological polar surface area (TPSA) is 42.1 Å². The van der Waals surface area contributed by atoms with Crippen LogP contribution in [0.2, 0.25) is 0 Å². The molecule has 0 aliphatic heterocycles. The average molecular weight is 293 g/mol. The van der Waals surface area contributed by atoms with Crippen LogP contribution >= 0.6 is 0 Å². The lowest BCUT2D eigenvalue weighted by Crippen LogP contribution is -2.06. The maximum atomic E-state index is 11.7. The van der Waals surface area contributed by atoms with Crippen molar-refractivity contribution < 1.29 is 9.53 Å². The van der Waals surface area contributed by atoms with Gasteiger partial charge in [-0.15, -0.1) is 0 Å². The van der Waals surface area contributed by atoms with Crippen LogP contribution in [-0.2, 0) is 28.8 Å². The fourth-order valence-corrected chi connectivity index (χ4v) is 2.80. The van der Waals surface area contributed by atoms with Crippen molar-refractivity contribution in [2.24, 2.45) is 0 Å². The summed E-state index contributed by atoms with van der Waals surface area (Å²) in [6.45, 7) is 0. The van der Waals surface area contributed by atoms with Crippen LogP contribution in [0.3, 0.4) is 0 Å². The third-order valence-electron chi connectivity index (χ3n) is 3.96. The molecule has 22 heavy (non-hydrogen) atoms. The summed E-state index contributed by atoms with van der Waals surface area (Å²) in [6.07, 6.45) is 2.14. The minimum Gasteiger partial charge on any atom is -0.469 e. The van der Waals surface area contributed by atoms with E-state index in [1.165, 1.54) is 12.7 Å². The lowest BCUT2D eigenvalue weighted by molar-refractivity contribution is -0.139. The Bertz CT molecular complexity index is 774. The molecule has 3 heteroatoms. The van der Waals surface area contributed by atoms with Crippen LogP contribution in [0, 0.1) is 0 Å². The van der Waals surface area contributed by atoms with Gasteiger partial charge in [-0.05, 0) is 30.0 Å². The average Bonchev–Trinajstić information content (AvgIpc) is 2.91. The van der Waals surface area contributed by atoms with Gasteiger partial charge in [0.05, 0.1) is 13.5 Å². The molecule has 2 aromatic carbocycles. The minimum absolute atomic E-state index is 0.203. The molecule has 0 unspecified atom stereocenters. The third kappa shape index (κ3) is 3.03.